The number of carbonyl (C=O) groups excluding carboxylic acids is 1. The van der Waals surface area contributed by atoms with E-state index in [0.717, 1.165) is 12.0 Å². The second kappa shape index (κ2) is 9.60. The standard InChI is InChI=1S/C19H21BrN2O5S/c20-17-6-5-16(13-18(17)28(24,25)22-8-11-26-12-9-22)19(23)27-10-2-4-15-3-1-7-21-14-15/h1,3,5-7,13-14H,2,4,8-12H2. The van der Waals surface area contributed by atoms with Crippen LogP contribution in [0.5, 0.6) is 0 Å². The molecule has 1 aliphatic rings. The molecule has 1 aromatic carbocycles. The zero-order valence-electron chi connectivity index (χ0n) is 15.2. The van der Waals surface area contributed by atoms with Crippen LogP contribution in [0.1, 0.15) is 22.3 Å². The molecule has 1 fully saturated rings. The van der Waals surface area contributed by atoms with Crippen LogP contribution in [0.4, 0.5) is 0 Å². The van der Waals surface area contributed by atoms with E-state index in [-0.39, 0.29) is 30.2 Å². The van der Waals surface area contributed by atoms with E-state index in [2.05, 4.69) is 20.9 Å². The zero-order chi connectivity index (χ0) is 20.0. The van der Waals surface area contributed by atoms with Gasteiger partial charge in [0.25, 0.3) is 0 Å². The van der Waals surface area contributed by atoms with Gasteiger partial charge in [-0.3, -0.25) is 4.98 Å². The summed E-state index contributed by atoms with van der Waals surface area (Å²) < 4.78 is 38.0. The molecule has 9 heteroatoms. The van der Waals surface area contributed by atoms with E-state index in [9.17, 15) is 13.2 Å². The van der Waals surface area contributed by atoms with Gasteiger partial charge < -0.3 is 9.47 Å². The predicted molar refractivity (Wildman–Crippen MR) is 107 cm³/mol. The molecule has 0 atom stereocenters. The number of rotatable bonds is 7. The Morgan fingerprint density at radius 1 is 1.25 bits per heavy atom. The predicted octanol–water partition coefficient (Wildman–Crippen LogP) is 2.65. The fraction of sp³-hybridized carbons (Fsp3) is 0.368. The lowest BCUT2D eigenvalue weighted by Gasteiger charge is -2.26. The molecule has 0 spiro atoms. The monoisotopic (exact) mass is 468 g/mol. The van der Waals surface area contributed by atoms with Crippen molar-refractivity contribution in [1.82, 2.24) is 9.29 Å². The Morgan fingerprint density at radius 3 is 2.75 bits per heavy atom. The van der Waals surface area contributed by atoms with Crippen molar-refractivity contribution in [1.29, 1.82) is 0 Å². The van der Waals surface area contributed by atoms with Crippen LogP contribution in [0.2, 0.25) is 0 Å². The number of aromatic nitrogens is 1. The van der Waals surface area contributed by atoms with E-state index in [1.165, 1.54) is 10.4 Å². The SMILES string of the molecule is O=C(OCCCc1cccnc1)c1ccc(Br)c(S(=O)(=O)N2CCOCC2)c1. The van der Waals surface area contributed by atoms with E-state index < -0.39 is 16.0 Å². The van der Waals surface area contributed by atoms with Gasteiger partial charge in [-0.25, -0.2) is 13.2 Å². The molecule has 28 heavy (non-hydrogen) atoms. The highest BCUT2D eigenvalue weighted by molar-refractivity contribution is 9.10. The average Bonchev–Trinajstić information content (AvgIpc) is 2.72. The maximum Gasteiger partial charge on any atom is 0.338 e. The molecule has 0 N–H and O–H groups in total. The van der Waals surface area contributed by atoms with Gasteiger partial charge in [-0.05, 0) is 58.6 Å². The minimum atomic E-state index is -3.72. The Morgan fingerprint density at radius 2 is 2.04 bits per heavy atom. The second-order valence-corrected chi connectivity index (χ2v) is 9.02. The molecule has 0 unspecified atom stereocenters. The van der Waals surface area contributed by atoms with Crippen molar-refractivity contribution in [2.75, 3.05) is 32.9 Å². The molecular weight excluding hydrogens is 448 g/mol. The van der Waals surface area contributed by atoms with E-state index >= 15 is 0 Å². The first-order chi connectivity index (χ1) is 13.5. The summed E-state index contributed by atoms with van der Waals surface area (Å²) >= 11 is 3.28. The van der Waals surface area contributed by atoms with Gasteiger partial charge in [0.05, 0.1) is 30.3 Å². The minimum Gasteiger partial charge on any atom is -0.462 e. The van der Waals surface area contributed by atoms with Crippen LogP contribution in [-0.4, -0.2) is 56.6 Å². The fourth-order valence-corrected chi connectivity index (χ4v) is 5.18. The number of pyridine rings is 1. The summed E-state index contributed by atoms with van der Waals surface area (Å²) in [6.07, 6.45) is 4.89. The van der Waals surface area contributed by atoms with E-state index in [4.69, 9.17) is 9.47 Å². The largest absolute Gasteiger partial charge is 0.462 e. The van der Waals surface area contributed by atoms with Crippen molar-refractivity contribution >= 4 is 31.9 Å². The summed E-state index contributed by atoms with van der Waals surface area (Å²) in [7, 11) is -3.72. The van der Waals surface area contributed by atoms with Gasteiger partial charge in [-0.2, -0.15) is 4.31 Å². The Bertz CT molecular complexity index is 915. The van der Waals surface area contributed by atoms with Crippen molar-refractivity contribution in [3.8, 4) is 0 Å². The van der Waals surface area contributed by atoms with Gasteiger partial charge in [-0.15, -0.1) is 0 Å². The number of nitrogens with zero attached hydrogens (tertiary/aromatic N) is 2. The number of aryl methyl sites for hydroxylation is 1. The van der Waals surface area contributed by atoms with Crippen molar-refractivity contribution < 1.29 is 22.7 Å². The van der Waals surface area contributed by atoms with Crippen LogP contribution in [0, 0.1) is 0 Å². The van der Waals surface area contributed by atoms with E-state index in [0.29, 0.717) is 24.1 Å². The topological polar surface area (TPSA) is 85.8 Å². The smallest absolute Gasteiger partial charge is 0.338 e. The minimum absolute atomic E-state index is 0.0548. The third kappa shape index (κ3) is 5.16. The molecule has 0 saturated carbocycles. The fourth-order valence-electron chi connectivity index (χ4n) is 2.82. The first-order valence-electron chi connectivity index (χ1n) is 8.92. The van der Waals surface area contributed by atoms with Crippen LogP contribution < -0.4 is 0 Å². The molecule has 0 aliphatic carbocycles. The molecule has 1 aliphatic heterocycles. The Hall–Kier alpha value is -1.81. The van der Waals surface area contributed by atoms with Gasteiger partial charge in [0, 0.05) is 30.0 Å². The molecule has 0 radical (unpaired) electrons. The number of carbonyl (C=O) groups is 1. The van der Waals surface area contributed by atoms with Crippen molar-refractivity contribution in [2.45, 2.75) is 17.7 Å². The first-order valence-corrected chi connectivity index (χ1v) is 11.2. The lowest BCUT2D eigenvalue weighted by molar-refractivity contribution is 0.0500. The van der Waals surface area contributed by atoms with Gasteiger partial charge in [0.2, 0.25) is 10.0 Å². The molecule has 0 bridgehead atoms. The van der Waals surface area contributed by atoms with Gasteiger partial charge in [-0.1, -0.05) is 6.07 Å². The maximum atomic E-state index is 12.9. The summed E-state index contributed by atoms with van der Waals surface area (Å²) in [4.78, 5) is 16.4. The Kier molecular flexibility index (Phi) is 7.17. The highest BCUT2D eigenvalue weighted by Crippen LogP contribution is 2.27. The van der Waals surface area contributed by atoms with Gasteiger partial charge >= 0.3 is 5.97 Å². The van der Waals surface area contributed by atoms with Gasteiger partial charge in [0.1, 0.15) is 0 Å². The van der Waals surface area contributed by atoms with Crippen molar-refractivity contribution in [3.63, 3.8) is 0 Å². The number of hydrogen-bond acceptors (Lipinski definition) is 6. The number of esters is 1. The normalized spacial score (nSPS) is 15.3. The van der Waals surface area contributed by atoms with Crippen molar-refractivity contribution in [2.24, 2.45) is 0 Å². The molecule has 1 saturated heterocycles. The summed E-state index contributed by atoms with van der Waals surface area (Å²) in [5, 5.41) is 0. The van der Waals surface area contributed by atoms with Crippen LogP contribution in [0.3, 0.4) is 0 Å². The van der Waals surface area contributed by atoms with Gasteiger partial charge in [0.15, 0.2) is 0 Å². The number of hydrogen-bond donors (Lipinski definition) is 0. The zero-order valence-corrected chi connectivity index (χ0v) is 17.6. The lowest BCUT2D eigenvalue weighted by atomic mass is 10.2. The summed E-state index contributed by atoms with van der Waals surface area (Å²) in [6.45, 7) is 1.54. The Labute approximate surface area is 172 Å². The molecule has 7 nitrogen and oxygen atoms in total. The maximum absolute atomic E-state index is 12.9. The number of sulfonamides is 1. The third-order valence-corrected chi connectivity index (χ3v) is 7.21. The molecular formula is C19H21BrN2O5S. The van der Waals surface area contributed by atoms with Crippen LogP contribution in [0.25, 0.3) is 0 Å². The highest BCUT2D eigenvalue weighted by Gasteiger charge is 2.29. The van der Waals surface area contributed by atoms with E-state index in [1.807, 2.05) is 12.1 Å². The number of ether oxygens (including phenoxy) is 2. The molecule has 2 aromatic rings. The lowest BCUT2D eigenvalue weighted by Crippen LogP contribution is -2.40. The average molecular weight is 469 g/mol. The van der Waals surface area contributed by atoms with Crippen LogP contribution in [-0.2, 0) is 25.9 Å². The molecule has 2 heterocycles. The third-order valence-electron chi connectivity index (χ3n) is 4.32. The van der Waals surface area contributed by atoms with Crippen LogP contribution in [0.15, 0.2) is 52.1 Å². The number of benzene rings is 1. The first kappa shape index (κ1) is 20.9. The molecule has 150 valence electrons. The molecule has 3 rings (SSSR count). The van der Waals surface area contributed by atoms with E-state index in [1.54, 1.807) is 24.5 Å². The number of morpholine rings is 1. The summed E-state index contributed by atoms with van der Waals surface area (Å²) in [5.74, 6) is -0.544. The van der Waals surface area contributed by atoms with Crippen molar-refractivity contribution in [3.05, 3.63) is 58.3 Å². The second-order valence-electron chi connectivity index (χ2n) is 6.26. The Balaban J connectivity index is 1.64. The van der Waals surface area contributed by atoms with Crippen LogP contribution >= 0.6 is 15.9 Å². The molecule has 1 aromatic heterocycles. The number of halogens is 1. The highest BCUT2D eigenvalue weighted by atomic mass is 79.9. The summed E-state index contributed by atoms with van der Waals surface area (Å²) in [6, 6.07) is 8.29. The quantitative estimate of drug-likeness (QED) is 0.458. The molecule has 0 amide bonds. The summed E-state index contributed by atoms with van der Waals surface area (Å²) in [5.41, 5.74) is 1.28.